The fraction of sp³-hybridized carbons (Fsp3) is 0.182. The number of nitrogens with zero attached hydrogens (tertiary/aromatic N) is 1. The van der Waals surface area contributed by atoms with Crippen molar-refractivity contribution in [1.82, 2.24) is 0 Å². The van der Waals surface area contributed by atoms with E-state index in [9.17, 15) is 18.0 Å². The monoisotopic (exact) mass is 411 g/mol. The van der Waals surface area contributed by atoms with Crippen molar-refractivity contribution in [2.45, 2.75) is 13.0 Å². The van der Waals surface area contributed by atoms with Crippen LogP contribution in [0.2, 0.25) is 0 Å². The van der Waals surface area contributed by atoms with Crippen LogP contribution < -0.4 is 4.90 Å². The summed E-state index contributed by atoms with van der Waals surface area (Å²) in [5.41, 5.74) is 2.45. The molecule has 0 spiro atoms. The molecule has 0 saturated carbocycles. The third-order valence-corrected chi connectivity index (χ3v) is 5.72. The Morgan fingerprint density at radius 2 is 1.90 bits per heavy atom. The fourth-order valence-electron chi connectivity index (χ4n) is 3.02. The van der Waals surface area contributed by atoms with E-state index in [1.807, 2.05) is 31.2 Å². The molecule has 0 aromatic heterocycles. The Kier molecular flexibility index (Phi) is 6.29. The number of aryl methyl sites for hydroxylation is 1. The molecule has 3 rings (SSSR count). The van der Waals surface area contributed by atoms with E-state index >= 15 is 0 Å². The molecule has 1 amide bonds. The molecule has 7 heteroatoms. The molecule has 2 aromatic carbocycles. The number of anilines is 1. The quantitative estimate of drug-likeness (QED) is 0.539. The summed E-state index contributed by atoms with van der Waals surface area (Å²) < 4.78 is 28.7. The second-order valence-electron chi connectivity index (χ2n) is 6.68. The summed E-state index contributed by atoms with van der Waals surface area (Å²) in [5.74, 6) is -1.35. The van der Waals surface area contributed by atoms with Gasteiger partial charge in [0.25, 0.3) is 5.91 Å². The summed E-state index contributed by atoms with van der Waals surface area (Å²) in [6.07, 6.45) is 4.34. The van der Waals surface area contributed by atoms with E-state index in [0.717, 1.165) is 16.5 Å². The number of benzene rings is 2. The first-order valence-electron chi connectivity index (χ1n) is 9.04. The highest BCUT2D eigenvalue weighted by atomic mass is 32.2. The lowest BCUT2D eigenvalue weighted by Crippen LogP contribution is -2.43. The average molecular weight is 411 g/mol. The smallest absolute Gasteiger partial charge is 0.331 e. The highest BCUT2D eigenvalue weighted by Gasteiger charge is 2.31. The van der Waals surface area contributed by atoms with Crippen LogP contribution in [0.1, 0.15) is 11.1 Å². The number of hydrogen-bond donors (Lipinski definition) is 0. The molecule has 1 atom stereocenters. The predicted octanol–water partition coefficient (Wildman–Crippen LogP) is 2.90. The zero-order valence-electron chi connectivity index (χ0n) is 15.9. The highest BCUT2D eigenvalue weighted by molar-refractivity contribution is 7.94. The number of hydrogen-bond acceptors (Lipinski definition) is 5. The summed E-state index contributed by atoms with van der Waals surface area (Å²) in [7, 11) is -3.35. The second-order valence-corrected chi connectivity index (χ2v) is 8.61. The van der Waals surface area contributed by atoms with E-state index in [0.29, 0.717) is 5.69 Å². The predicted molar refractivity (Wildman–Crippen MR) is 112 cm³/mol. The zero-order valence-corrected chi connectivity index (χ0v) is 16.7. The van der Waals surface area contributed by atoms with Gasteiger partial charge in [-0.15, -0.1) is 0 Å². The lowest BCUT2D eigenvalue weighted by molar-refractivity contribution is -0.143. The van der Waals surface area contributed by atoms with E-state index in [4.69, 9.17) is 4.74 Å². The van der Waals surface area contributed by atoms with Gasteiger partial charge in [-0.1, -0.05) is 48.0 Å². The van der Waals surface area contributed by atoms with Gasteiger partial charge in [0.1, 0.15) is 0 Å². The number of para-hydroxylation sites is 1. The molecule has 150 valence electrons. The van der Waals surface area contributed by atoms with Crippen LogP contribution in [-0.4, -0.2) is 38.7 Å². The summed E-state index contributed by atoms with van der Waals surface area (Å²) in [4.78, 5) is 26.1. The van der Waals surface area contributed by atoms with Crippen LogP contribution in [0.5, 0.6) is 0 Å². The molecule has 1 heterocycles. The molecule has 29 heavy (non-hydrogen) atoms. The van der Waals surface area contributed by atoms with Crippen molar-refractivity contribution in [2.75, 3.05) is 17.3 Å². The number of ether oxygens (including phenoxy) is 1. The zero-order chi connectivity index (χ0) is 20.9. The van der Waals surface area contributed by atoms with Crippen molar-refractivity contribution in [2.24, 2.45) is 0 Å². The van der Waals surface area contributed by atoms with Gasteiger partial charge in [-0.05, 0) is 36.8 Å². The van der Waals surface area contributed by atoms with Gasteiger partial charge >= 0.3 is 5.97 Å². The number of rotatable bonds is 6. The maximum absolute atomic E-state index is 12.8. The van der Waals surface area contributed by atoms with Crippen LogP contribution in [-0.2, 0) is 24.2 Å². The molecule has 1 aliphatic rings. The van der Waals surface area contributed by atoms with E-state index < -0.39 is 34.4 Å². The van der Waals surface area contributed by atoms with Crippen LogP contribution in [0.15, 0.2) is 72.2 Å². The van der Waals surface area contributed by atoms with Crippen LogP contribution >= 0.6 is 0 Å². The number of sulfone groups is 1. The topological polar surface area (TPSA) is 80.8 Å². The van der Waals surface area contributed by atoms with Gasteiger partial charge in [-0.25, -0.2) is 13.2 Å². The third-order valence-electron chi connectivity index (χ3n) is 4.34. The van der Waals surface area contributed by atoms with Crippen molar-refractivity contribution in [3.05, 3.63) is 83.3 Å². The third kappa shape index (κ3) is 5.65. The van der Waals surface area contributed by atoms with Crippen molar-refractivity contribution in [1.29, 1.82) is 0 Å². The van der Waals surface area contributed by atoms with Gasteiger partial charge in [-0.2, -0.15) is 0 Å². The molecule has 0 radical (unpaired) electrons. The van der Waals surface area contributed by atoms with Gasteiger partial charge in [0, 0.05) is 17.2 Å². The van der Waals surface area contributed by atoms with E-state index in [-0.39, 0.29) is 5.75 Å². The Labute approximate surface area is 170 Å². The number of esters is 1. The first-order chi connectivity index (χ1) is 13.8. The molecule has 2 aromatic rings. The van der Waals surface area contributed by atoms with Gasteiger partial charge in [0.15, 0.2) is 16.4 Å². The molecule has 0 bridgehead atoms. The van der Waals surface area contributed by atoms with Gasteiger partial charge < -0.3 is 9.64 Å². The Hall–Kier alpha value is -3.19. The summed E-state index contributed by atoms with van der Waals surface area (Å²) >= 11 is 0. The second kappa shape index (κ2) is 8.87. The minimum atomic E-state index is -3.35. The molecule has 0 aliphatic carbocycles. The average Bonchev–Trinajstić information content (AvgIpc) is 3.05. The maximum Gasteiger partial charge on any atom is 0.331 e. The highest BCUT2D eigenvalue weighted by Crippen LogP contribution is 2.22. The number of carbonyl (C=O) groups excluding carboxylic acids is 2. The van der Waals surface area contributed by atoms with E-state index in [1.54, 1.807) is 36.4 Å². The lowest BCUT2D eigenvalue weighted by atomic mass is 10.1. The number of carbonyl (C=O) groups is 2. The molecule has 1 aliphatic heterocycles. The SMILES string of the molecule is Cc1cccc(/C=C/C(=O)OCC(=O)N(c2ccccc2)[C@@H]2C=CS(=O)(=O)C2)c1. The maximum atomic E-state index is 12.8. The van der Waals surface area contributed by atoms with Crippen LogP contribution in [0, 0.1) is 6.92 Å². The van der Waals surface area contributed by atoms with Crippen molar-refractivity contribution in [3.8, 4) is 0 Å². The van der Waals surface area contributed by atoms with Crippen molar-refractivity contribution >= 4 is 33.5 Å². The van der Waals surface area contributed by atoms with Gasteiger partial charge in [0.2, 0.25) is 0 Å². The summed E-state index contributed by atoms with van der Waals surface area (Å²) in [6.45, 7) is 1.46. The first kappa shape index (κ1) is 20.5. The molecule has 0 N–H and O–H groups in total. The standard InChI is InChI=1S/C22H21NO5S/c1-17-6-5-7-18(14-17)10-11-22(25)28-15-21(24)23(19-8-3-2-4-9-19)20-12-13-29(26,27)16-20/h2-14,20H,15-16H2,1H3/b11-10+/t20-/m1/s1. The summed E-state index contributed by atoms with van der Waals surface area (Å²) in [5, 5.41) is 1.11. The Morgan fingerprint density at radius 3 is 2.55 bits per heavy atom. The van der Waals surface area contributed by atoms with Crippen molar-refractivity contribution in [3.63, 3.8) is 0 Å². The van der Waals surface area contributed by atoms with Gasteiger partial charge in [0.05, 0.1) is 11.8 Å². The Morgan fingerprint density at radius 1 is 1.14 bits per heavy atom. The van der Waals surface area contributed by atoms with Gasteiger partial charge in [-0.3, -0.25) is 4.79 Å². The molecule has 0 saturated heterocycles. The Bertz CT molecular complexity index is 1060. The normalized spacial score (nSPS) is 17.3. The number of amides is 1. The molecule has 0 unspecified atom stereocenters. The molecule has 6 nitrogen and oxygen atoms in total. The van der Waals surface area contributed by atoms with E-state index in [1.165, 1.54) is 17.1 Å². The minimum absolute atomic E-state index is 0.200. The van der Waals surface area contributed by atoms with Crippen molar-refractivity contribution < 1.29 is 22.7 Å². The molecular weight excluding hydrogens is 390 g/mol. The lowest BCUT2D eigenvalue weighted by Gasteiger charge is -2.27. The van der Waals surface area contributed by atoms with E-state index in [2.05, 4.69) is 0 Å². The fourth-order valence-corrected chi connectivity index (χ4v) is 4.29. The largest absolute Gasteiger partial charge is 0.452 e. The van der Waals surface area contributed by atoms with Crippen LogP contribution in [0.4, 0.5) is 5.69 Å². The van der Waals surface area contributed by atoms with Crippen LogP contribution in [0.25, 0.3) is 6.08 Å². The van der Waals surface area contributed by atoms with Crippen LogP contribution in [0.3, 0.4) is 0 Å². The first-order valence-corrected chi connectivity index (χ1v) is 10.8. The molecular formula is C22H21NO5S. The minimum Gasteiger partial charge on any atom is -0.452 e. The summed E-state index contributed by atoms with van der Waals surface area (Å²) in [6, 6.07) is 15.7. The Balaban J connectivity index is 1.67. The molecule has 0 fully saturated rings.